The molecule has 23 heavy (non-hydrogen) atoms. The minimum Gasteiger partial charge on any atom is -0.497 e. The lowest BCUT2D eigenvalue weighted by atomic mass is 9.83. The van der Waals surface area contributed by atoms with Crippen molar-refractivity contribution in [3.8, 4) is 11.5 Å². The molecule has 3 rings (SSSR count). The Morgan fingerprint density at radius 1 is 1.22 bits per heavy atom. The number of benzene rings is 2. The van der Waals surface area contributed by atoms with E-state index in [1.807, 2.05) is 30.3 Å². The Bertz CT molecular complexity index is 767. The summed E-state index contributed by atoms with van der Waals surface area (Å²) in [6.07, 6.45) is 2.19. The molecule has 1 atom stereocenters. The summed E-state index contributed by atoms with van der Waals surface area (Å²) < 4.78 is 10.8. The zero-order valence-corrected chi connectivity index (χ0v) is 13.3. The highest BCUT2D eigenvalue weighted by molar-refractivity contribution is 5.96. The molecule has 1 N–H and O–H groups in total. The molecule has 1 amide bonds. The van der Waals surface area contributed by atoms with E-state index in [1.165, 1.54) is 0 Å². The molecule has 1 aliphatic rings. The van der Waals surface area contributed by atoms with Crippen LogP contribution in [0.4, 0.5) is 5.69 Å². The predicted molar refractivity (Wildman–Crippen MR) is 91.2 cm³/mol. The molecule has 0 saturated carbocycles. The van der Waals surface area contributed by atoms with E-state index < -0.39 is 0 Å². The average molecular weight is 309 g/mol. The number of fused-ring (bicyclic) bond motifs is 1. The van der Waals surface area contributed by atoms with Crippen LogP contribution >= 0.6 is 0 Å². The van der Waals surface area contributed by atoms with Crippen LogP contribution in [0.15, 0.2) is 43.0 Å². The quantitative estimate of drug-likeness (QED) is 0.934. The molecule has 0 spiro atoms. The lowest BCUT2D eigenvalue weighted by molar-refractivity contribution is -0.116. The molecule has 2 aromatic carbocycles. The molecule has 118 valence electrons. The van der Waals surface area contributed by atoms with Gasteiger partial charge in [0, 0.05) is 30.0 Å². The van der Waals surface area contributed by atoms with Gasteiger partial charge in [-0.15, -0.1) is 0 Å². The Morgan fingerprint density at radius 3 is 2.74 bits per heavy atom. The maximum Gasteiger partial charge on any atom is 0.225 e. The second-order valence-electron chi connectivity index (χ2n) is 5.47. The third-order valence-corrected chi connectivity index (χ3v) is 4.13. The highest BCUT2D eigenvalue weighted by atomic mass is 16.5. The van der Waals surface area contributed by atoms with E-state index >= 15 is 0 Å². The molecule has 1 heterocycles. The highest BCUT2D eigenvalue weighted by Gasteiger charge is 2.30. The van der Waals surface area contributed by atoms with Gasteiger partial charge in [-0.1, -0.05) is 36.9 Å². The van der Waals surface area contributed by atoms with Gasteiger partial charge in [0.2, 0.25) is 5.91 Å². The fourth-order valence-electron chi connectivity index (χ4n) is 3.03. The number of methoxy groups -OCH3 is 2. The zero-order chi connectivity index (χ0) is 16.4. The summed E-state index contributed by atoms with van der Waals surface area (Å²) in [4.78, 5) is 12.2. The third kappa shape index (κ3) is 2.80. The Labute approximate surface area is 135 Å². The van der Waals surface area contributed by atoms with Crippen molar-refractivity contribution < 1.29 is 14.3 Å². The Hall–Kier alpha value is -2.75. The van der Waals surface area contributed by atoms with Crippen LogP contribution in [0, 0.1) is 0 Å². The van der Waals surface area contributed by atoms with E-state index in [-0.39, 0.29) is 11.8 Å². The van der Waals surface area contributed by atoms with Gasteiger partial charge >= 0.3 is 0 Å². The lowest BCUT2D eigenvalue weighted by Crippen LogP contribution is -2.24. The van der Waals surface area contributed by atoms with Crippen molar-refractivity contribution in [1.29, 1.82) is 0 Å². The van der Waals surface area contributed by atoms with E-state index in [2.05, 4.69) is 18.0 Å². The summed E-state index contributed by atoms with van der Waals surface area (Å²) in [5.41, 5.74) is 3.82. The van der Waals surface area contributed by atoms with Gasteiger partial charge in [-0.25, -0.2) is 0 Å². The maximum absolute atomic E-state index is 12.2. The first-order valence-electron chi connectivity index (χ1n) is 7.44. The molecule has 0 radical (unpaired) electrons. The standard InChI is InChI=1S/C19H19NO3/c1-4-12-6-5-7-13(8-12)15-11-18(21)20-16-9-14(22-2)10-17(23-3)19(15)16/h4-10,15H,1,11H2,2-3H3,(H,20,21)/t15-/m0/s1. The summed E-state index contributed by atoms with van der Waals surface area (Å²) >= 11 is 0. The van der Waals surface area contributed by atoms with E-state index in [9.17, 15) is 4.79 Å². The first-order chi connectivity index (χ1) is 11.2. The van der Waals surface area contributed by atoms with Crippen molar-refractivity contribution in [2.75, 3.05) is 19.5 Å². The molecule has 4 heteroatoms. The van der Waals surface area contributed by atoms with Crippen LogP contribution in [0.1, 0.15) is 29.0 Å². The third-order valence-electron chi connectivity index (χ3n) is 4.13. The number of rotatable bonds is 4. The summed E-state index contributed by atoms with van der Waals surface area (Å²) in [5, 5.41) is 2.92. The van der Waals surface area contributed by atoms with Crippen molar-refractivity contribution in [2.45, 2.75) is 12.3 Å². The molecule has 0 saturated heterocycles. The monoisotopic (exact) mass is 309 g/mol. The smallest absolute Gasteiger partial charge is 0.225 e. The zero-order valence-electron chi connectivity index (χ0n) is 13.3. The molecule has 1 aliphatic heterocycles. The van der Waals surface area contributed by atoms with Gasteiger partial charge in [-0.3, -0.25) is 4.79 Å². The number of hydrogen-bond donors (Lipinski definition) is 1. The van der Waals surface area contributed by atoms with Crippen molar-refractivity contribution in [1.82, 2.24) is 0 Å². The number of carbonyl (C=O) groups is 1. The summed E-state index contributed by atoms with van der Waals surface area (Å²) in [6, 6.07) is 11.7. The van der Waals surface area contributed by atoms with Crippen molar-refractivity contribution in [3.05, 3.63) is 59.7 Å². The number of anilines is 1. The molecule has 0 aliphatic carbocycles. The molecule has 0 aromatic heterocycles. The molecular formula is C19H19NO3. The van der Waals surface area contributed by atoms with Gasteiger partial charge < -0.3 is 14.8 Å². The second kappa shape index (κ2) is 6.16. The van der Waals surface area contributed by atoms with Crippen molar-refractivity contribution in [2.24, 2.45) is 0 Å². The second-order valence-corrected chi connectivity index (χ2v) is 5.47. The van der Waals surface area contributed by atoms with Crippen LogP contribution in [0.25, 0.3) is 6.08 Å². The first-order valence-corrected chi connectivity index (χ1v) is 7.44. The summed E-state index contributed by atoms with van der Waals surface area (Å²) in [5.74, 6) is 1.30. The van der Waals surface area contributed by atoms with Crippen LogP contribution < -0.4 is 14.8 Å². The van der Waals surface area contributed by atoms with Gasteiger partial charge in [0.05, 0.1) is 19.9 Å². The van der Waals surface area contributed by atoms with Crippen LogP contribution in [0.5, 0.6) is 11.5 Å². The summed E-state index contributed by atoms with van der Waals surface area (Å²) in [7, 11) is 3.22. The number of hydrogen-bond acceptors (Lipinski definition) is 3. The Kier molecular flexibility index (Phi) is 4.06. The largest absolute Gasteiger partial charge is 0.497 e. The molecule has 4 nitrogen and oxygen atoms in total. The maximum atomic E-state index is 12.2. The Morgan fingerprint density at radius 2 is 2.04 bits per heavy atom. The van der Waals surface area contributed by atoms with Gasteiger partial charge in [0.1, 0.15) is 11.5 Å². The van der Waals surface area contributed by atoms with Gasteiger partial charge in [0.25, 0.3) is 0 Å². The van der Waals surface area contributed by atoms with Crippen LogP contribution in [0.3, 0.4) is 0 Å². The van der Waals surface area contributed by atoms with Gasteiger partial charge in [-0.2, -0.15) is 0 Å². The number of carbonyl (C=O) groups excluding carboxylic acids is 1. The number of amides is 1. The Balaban J connectivity index is 2.17. The van der Waals surface area contributed by atoms with E-state index in [0.717, 1.165) is 22.4 Å². The average Bonchev–Trinajstić information content (AvgIpc) is 2.59. The minimum absolute atomic E-state index is 0.0122. The minimum atomic E-state index is -0.0560. The fourth-order valence-corrected chi connectivity index (χ4v) is 3.03. The molecule has 2 aromatic rings. The molecule has 0 unspecified atom stereocenters. The van der Waals surface area contributed by atoms with Gasteiger partial charge in [0.15, 0.2) is 0 Å². The highest BCUT2D eigenvalue weighted by Crippen LogP contribution is 2.44. The molecule has 0 bridgehead atoms. The van der Waals surface area contributed by atoms with E-state index in [0.29, 0.717) is 17.9 Å². The SMILES string of the molecule is C=Cc1cccc([C@@H]2CC(=O)Nc3cc(OC)cc(OC)c32)c1. The van der Waals surface area contributed by atoms with Crippen molar-refractivity contribution >= 4 is 17.7 Å². The van der Waals surface area contributed by atoms with Crippen LogP contribution in [0.2, 0.25) is 0 Å². The number of ether oxygens (including phenoxy) is 2. The first kappa shape index (κ1) is 15.2. The number of nitrogens with one attached hydrogen (secondary N) is 1. The van der Waals surface area contributed by atoms with Crippen LogP contribution in [-0.2, 0) is 4.79 Å². The predicted octanol–water partition coefficient (Wildman–Crippen LogP) is 3.82. The fraction of sp³-hybridized carbons (Fsp3) is 0.211. The van der Waals surface area contributed by atoms with Crippen LogP contribution in [-0.4, -0.2) is 20.1 Å². The van der Waals surface area contributed by atoms with Crippen molar-refractivity contribution in [3.63, 3.8) is 0 Å². The topological polar surface area (TPSA) is 47.6 Å². The van der Waals surface area contributed by atoms with E-state index in [4.69, 9.17) is 9.47 Å². The molecule has 0 fully saturated rings. The normalized spacial score (nSPS) is 16.3. The van der Waals surface area contributed by atoms with Gasteiger partial charge in [-0.05, 0) is 11.1 Å². The van der Waals surface area contributed by atoms with E-state index in [1.54, 1.807) is 20.3 Å². The lowest BCUT2D eigenvalue weighted by Gasteiger charge is -2.28. The summed E-state index contributed by atoms with van der Waals surface area (Å²) in [6.45, 7) is 3.81. The molecular weight excluding hydrogens is 290 g/mol.